The number of guanidine groups is 1. The van der Waals surface area contributed by atoms with E-state index >= 15 is 0 Å². The van der Waals surface area contributed by atoms with Gasteiger partial charge in [-0.1, -0.05) is 38.0 Å². The lowest BCUT2D eigenvalue weighted by Gasteiger charge is -2.15. The predicted octanol–water partition coefficient (Wildman–Crippen LogP) is 1.09. The third-order valence-corrected chi connectivity index (χ3v) is 4.65. The minimum absolute atomic E-state index is 0.0339. The van der Waals surface area contributed by atoms with Crippen molar-refractivity contribution >= 4 is 22.0 Å². The van der Waals surface area contributed by atoms with Gasteiger partial charge in [-0.2, -0.15) is 0 Å². The number of hydrogen-bond acceptors (Lipinski definition) is 4. The number of carbonyl (C=O) groups is 1. The van der Waals surface area contributed by atoms with Crippen molar-refractivity contribution in [3.05, 3.63) is 29.8 Å². The summed E-state index contributed by atoms with van der Waals surface area (Å²) in [6, 6.07) is 5.09. The maximum atomic E-state index is 12.1. The number of sulfonamides is 1. The van der Waals surface area contributed by atoms with Crippen molar-refractivity contribution in [2.45, 2.75) is 38.1 Å². The smallest absolute Gasteiger partial charge is 0.328 e. The molecule has 122 valence electrons. The number of nitrogens with zero attached hydrogens (tertiary/aromatic N) is 1. The van der Waals surface area contributed by atoms with Crippen LogP contribution in [-0.2, 0) is 14.8 Å². The van der Waals surface area contributed by atoms with E-state index in [0.29, 0.717) is 6.42 Å². The first-order chi connectivity index (χ1) is 10.2. The van der Waals surface area contributed by atoms with Gasteiger partial charge < -0.3 is 10.8 Å². The fourth-order valence-electron chi connectivity index (χ4n) is 1.74. The van der Waals surface area contributed by atoms with Gasteiger partial charge in [-0.05, 0) is 25.0 Å². The van der Waals surface area contributed by atoms with E-state index in [0.717, 1.165) is 5.56 Å². The van der Waals surface area contributed by atoms with Crippen LogP contribution in [0.4, 0.5) is 0 Å². The number of hydrogen-bond donors (Lipinski definition) is 3. The quantitative estimate of drug-likeness (QED) is 0.533. The molecule has 0 unspecified atom stereocenters. The van der Waals surface area contributed by atoms with E-state index in [-0.39, 0.29) is 10.8 Å². The first kappa shape index (κ1) is 18.0. The molecule has 1 aromatic carbocycles. The van der Waals surface area contributed by atoms with E-state index in [1.54, 1.807) is 19.1 Å². The van der Waals surface area contributed by atoms with Gasteiger partial charge in [0.1, 0.15) is 0 Å². The summed E-state index contributed by atoms with van der Waals surface area (Å²) in [6.07, 6.45) is 0.582. The molecule has 0 aliphatic rings. The van der Waals surface area contributed by atoms with E-state index in [1.807, 2.05) is 13.8 Å². The number of carboxylic acid groups (broad SMARTS) is 1. The highest BCUT2D eigenvalue weighted by Crippen LogP contribution is 2.13. The van der Waals surface area contributed by atoms with Crippen LogP contribution in [0.25, 0.3) is 0 Å². The third-order valence-electron chi connectivity index (χ3n) is 3.28. The van der Waals surface area contributed by atoms with Gasteiger partial charge in [0.05, 0.1) is 4.90 Å². The molecule has 1 rings (SSSR count). The fraction of sp³-hybridized carbons (Fsp3) is 0.429. The molecule has 0 bridgehead atoms. The molecule has 0 aliphatic carbocycles. The highest BCUT2D eigenvalue weighted by atomic mass is 32.2. The zero-order valence-electron chi connectivity index (χ0n) is 12.8. The Bertz CT molecular complexity index is 653. The van der Waals surface area contributed by atoms with Crippen LogP contribution in [0, 0.1) is 12.8 Å². The van der Waals surface area contributed by atoms with E-state index in [2.05, 4.69) is 9.71 Å². The van der Waals surface area contributed by atoms with E-state index in [4.69, 9.17) is 10.8 Å². The highest BCUT2D eigenvalue weighted by Gasteiger charge is 2.24. The Morgan fingerprint density at radius 3 is 2.36 bits per heavy atom. The summed E-state index contributed by atoms with van der Waals surface area (Å²) in [6.45, 7) is 5.37. The van der Waals surface area contributed by atoms with Crippen LogP contribution in [-0.4, -0.2) is 31.5 Å². The number of rotatable bonds is 6. The van der Waals surface area contributed by atoms with Crippen molar-refractivity contribution in [3.8, 4) is 0 Å². The highest BCUT2D eigenvalue weighted by molar-refractivity contribution is 7.90. The summed E-state index contributed by atoms with van der Waals surface area (Å²) in [7, 11) is -3.88. The lowest BCUT2D eigenvalue weighted by molar-refractivity contribution is -0.139. The third kappa shape index (κ3) is 4.73. The number of nitrogens with two attached hydrogens (primary N) is 1. The van der Waals surface area contributed by atoms with Gasteiger partial charge in [-0.25, -0.2) is 22.9 Å². The van der Waals surface area contributed by atoms with Crippen molar-refractivity contribution in [3.63, 3.8) is 0 Å². The van der Waals surface area contributed by atoms with Crippen LogP contribution >= 0.6 is 0 Å². The van der Waals surface area contributed by atoms with Gasteiger partial charge in [0, 0.05) is 0 Å². The van der Waals surface area contributed by atoms with Crippen molar-refractivity contribution in [2.24, 2.45) is 16.6 Å². The average molecular weight is 327 g/mol. The van der Waals surface area contributed by atoms with Crippen LogP contribution in [0.3, 0.4) is 0 Å². The zero-order chi connectivity index (χ0) is 16.9. The van der Waals surface area contributed by atoms with Crippen LogP contribution in [0.5, 0.6) is 0 Å². The second kappa shape index (κ2) is 7.26. The first-order valence-electron chi connectivity index (χ1n) is 6.83. The summed E-state index contributed by atoms with van der Waals surface area (Å²) in [5.74, 6) is -1.85. The van der Waals surface area contributed by atoms with E-state index < -0.39 is 28.0 Å². The molecule has 7 nitrogen and oxygen atoms in total. The van der Waals surface area contributed by atoms with Crippen molar-refractivity contribution in [1.29, 1.82) is 0 Å². The molecular formula is C14H21N3O4S. The van der Waals surface area contributed by atoms with Gasteiger partial charge in [0.2, 0.25) is 5.96 Å². The first-order valence-corrected chi connectivity index (χ1v) is 8.31. The fourth-order valence-corrected chi connectivity index (χ4v) is 2.68. The number of aliphatic carboxylic acids is 1. The van der Waals surface area contributed by atoms with Gasteiger partial charge in [-0.15, -0.1) is 0 Å². The van der Waals surface area contributed by atoms with E-state index in [9.17, 15) is 13.2 Å². The molecule has 0 heterocycles. The second-order valence-corrected chi connectivity index (χ2v) is 6.78. The number of benzene rings is 1. The minimum atomic E-state index is -3.88. The zero-order valence-corrected chi connectivity index (χ0v) is 13.6. The molecule has 22 heavy (non-hydrogen) atoms. The van der Waals surface area contributed by atoms with Crippen molar-refractivity contribution < 1.29 is 18.3 Å². The molecule has 0 saturated heterocycles. The molecular weight excluding hydrogens is 306 g/mol. The van der Waals surface area contributed by atoms with Gasteiger partial charge in [0.25, 0.3) is 10.0 Å². The molecule has 8 heteroatoms. The molecule has 0 aromatic heterocycles. The minimum Gasteiger partial charge on any atom is -0.480 e. The number of carboxylic acids is 1. The number of aliphatic imine (C=N–C) groups is 1. The molecule has 2 atom stereocenters. The summed E-state index contributed by atoms with van der Waals surface area (Å²) in [5.41, 5.74) is 6.47. The molecule has 0 amide bonds. The number of aryl methyl sites for hydroxylation is 1. The predicted molar refractivity (Wildman–Crippen MR) is 84.0 cm³/mol. The maximum Gasteiger partial charge on any atom is 0.328 e. The molecule has 4 N–H and O–H groups in total. The summed E-state index contributed by atoms with van der Waals surface area (Å²) in [5, 5.41) is 9.13. The molecule has 1 aromatic rings. The molecule has 0 aliphatic heterocycles. The molecule has 0 spiro atoms. The van der Waals surface area contributed by atoms with Gasteiger partial charge in [0.15, 0.2) is 6.04 Å². The van der Waals surface area contributed by atoms with Crippen LogP contribution in [0.2, 0.25) is 0 Å². The maximum absolute atomic E-state index is 12.1. The second-order valence-electron chi connectivity index (χ2n) is 5.10. The Kier molecular flexibility index (Phi) is 5.92. The summed E-state index contributed by atoms with van der Waals surface area (Å²) in [4.78, 5) is 15.0. The lowest BCUT2D eigenvalue weighted by Crippen LogP contribution is -2.39. The lowest BCUT2D eigenvalue weighted by atomic mass is 10.0. The van der Waals surface area contributed by atoms with Gasteiger partial charge in [-0.3, -0.25) is 0 Å². The Morgan fingerprint density at radius 1 is 1.36 bits per heavy atom. The van der Waals surface area contributed by atoms with Crippen molar-refractivity contribution in [1.82, 2.24) is 4.72 Å². The summed E-state index contributed by atoms with van der Waals surface area (Å²) < 4.78 is 26.3. The average Bonchev–Trinajstić information content (AvgIpc) is 2.43. The topological polar surface area (TPSA) is 122 Å². The number of nitrogens with one attached hydrogen (secondary N) is 1. The van der Waals surface area contributed by atoms with Crippen LogP contribution < -0.4 is 10.5 Å². The van der Waals surface area contributed by atoms with Gasteiger partial charge >= 0.3 is 5.97 Å². The van der Waals surface area contributed by atoms with Crippen LogP contribution in [0.1, 0.15) is 25.8 Å². The normalized spacial score (nSPS) is 15.1. The Hall–Kier alpha value is -2.09. The Morgan fingerprint density at radius 2 is 1.91 bits per heavy atom. The largest absolute Gasteiger partial charge is 0.480 e. The molecule has 0 radical (unpaired) electrons. The monoisotopic (exact) mass is 327 g/mol. The van der Waals surface area contributed by atoms with Crippen LogP contribution in [0.15, 0.2) is 34.2 Å². The molecule has 0 saturated carbocycles. The summed E-state index contributed by atoms with van der Waals surface area (Å²) >= 11 is 0. The van der Waals surface area contributed by atoms with Crippen molar-refractivity contribution in [2.75, 3.05) is 0 Å². The van der Waals surface area contributed by atoms with E-state index in [1.165, 1.54) is 12.1 Å². The SMILES string of the molecule is CC[C@H](C)[C@H](N=C(N)NS(=O)(=O)c1ccc(C)cc1)C(=O)O. The Balaban J connectivity index is 2.98. The standard InChI is InChI=1S/C14H21N3O4S/c1-4-10(3)12(13(18)19)16-14(15)17-22(20,21)11-7-5-9(2)6-8-11/h5-8,10,12H,4H2,1-3H3,(H,18,19)(H3,15,16,17)/t10-,12-/m0/s1. The molecule has 0 fully saturated rings. The Labute approximate surface area is 130 Å².